The van der Waals surface area contributed by atoms with Crippen molar-refractivity contribution in [2.24, 2.45) is 40.7 Å². The van der Waals surface area contributed by atoms with E-state index in [1.807, 2.05) is 97.1 Å². The second-order valence-corrected chi connectivity index (χ2v) is 41.8. The standard InChI is InChI=1S/C30H28NO2.C27H22NO2.2C26H20NO2.C25H18NO2/c1-18-10-11-22-23-13-12-21-20-8-6-7-9-25(20)32-28(21)29(23)33-27(22)26(18)24-16-19(14-15-31(24)5)17-30(2,3)4;1-15-9-10-20-21-12-11-19-18-7-5-6-8-23(18)29-26(19)27(21)30-25(20)24(15)22-13-16(2)17(3)14-28(22)4;1-15-8-13-21(27(3)14-15)23-16(2)9-10-19-20-12-11-18-17-6-4-5-7-22(17)28-25(18)26(20)29-24(19)23;1-15-12-13-27(3)21(14-15)23-16(2)8-9-19-20-11-10-18-17-6-4-5-7-22(17)28-25(18)26(20)29-24(19)23;1-15-10-11-18-19-13-12-17-16-7-3-4-9-21(16)27-24(17)25(19)28-23(18)22(15)20-8-5-6-14-26(20)2/h6-16H,17H2,1-5H3;5-14H,1-4H3;2*4-14H,1-3H3;3-14H,1-2H3/q5*+1. The van der Waals surface area contributed by atoms with Crippen LogP contribution >= 0.6 is 0 Å². The van der Waals surface area contributed by atoms with Gasteiger partial charge in [0.1, 0.15) is 91.1 Å². The summed E-state index contributed by atoms with van der Waals surface area (Å²) in [5.41, 5.74) is 41.1. The Kier molecular flexibility index (Phi) is 21.3. The number of furan rings is 10. The minimum absolute atomic E-state index is 0.227. The minimum Gasteiger partial charge on any atom is -0.452 e. The maximum Gasteiger partial charge on any atom is 0.216 e. The van der Waals surface area contributed by atoms with E-state index < -0.39 is 0 Å². The molecule has 0 N–H and O–H groups in total. The molecule has 724 valence electrons. The summed E-state index contributed by atoms with van der Waals surface area (Å²) in [6, 6.07) is 106. The lowest BCUT2D eigenvalue weighted by Crippen LogP contribution is -2.31. The lowest BCUT2D eigenvalue weighted by atomic mass is 9.88. The van der Waals surface area contributed by atoms with Gasteiger partial charge in [-0.3, -0.25) is 0 Å². The van der Waals surface area contributed by atoms with Gasteiger partial charge in [-0.1, -0.05) is 172 Å². The third-order valence-corrected chi connectivity index (χ3v) is 30.4. The second-order valence-electron chi connectivity index (χ2n) is 41.8. The summed E-state index contributed by atoms with van der Waals surface area (Å²) >= 11 is 0. The quantitative estimate of drug-likeness (QED) is 0.147. The molecule has 0 aliphatic heterocycles. The molecule has 0 saturated heterocycles. The largest absolute Gasteiger partial charge is 0.452 e. The number of para-hydroxylation sites is 5. The van der Waals surface area contributed by atoms with Gasteiger partial charge in [-0.15, -0.1) is 0 Å². The molecule has 15 aromatic carbocycles. The SMILES string of the molecule is Cc1cc(-c2c(C)ccc3c2oc2c3ccc3c4ccccc4oc32)[n+](C)cc1C.Cc1cc[n+](C)c(-c2c(C)ccc3c2oc2c3ccc3c4ccccc4oc32)c1.Cc1ccc(-c2c(C)ccc3c2oc2c3ccc3c4ccccc4oc32)[n+](C)c1.Cc1ccc2c(oc3c2ccc2c4ccccc4oc23)c1-c1cc(CC(C)(C)C)cc[n+]1C.Cc1ccc2c(oc3c2ccc2c4ccccc4oc23)c1-c1cccc[n+]1C. The number of aromatic nitrogens is 5. The fourth-order valence-electron chi connectivity index (χ4n) is 22.9. The molecule has 15 heterocycles. The summed E-state index contributed by atoms with van der Waals surface area (Å²) in [5.74, 6) is 0. The zero-order valence-electron chi connectivity index (χ0n) is 86.3. The third kappa shape index (κ3) is 14.9. The van der Waals surface area contributed by atoms with Crippen molar-refractivity contribution in [3.63, 3.8) is 0 Å². The van der Waals surface area contributed by atoms with Crippen LogP contribution in [0.3, 0.4) is 0 Å². The topological polar surface area (TPSA) is 151 Å². The van der Waals surface area contributed by atoms with Crippen molar-refractivity contribution >= 4 is 219 Å². The summed E-state index contributed by atoms with van der Waals surface area (Å²) < 4.78 is 74.8. The molecule has 15 nitrogen and oxygen atoms in total. The Morgan fingerprint density at radius 2 is 0.436 bits per heavy atom. The number of pyridine rings is 5. The molecule has 0 aliphatic rings. The molecule has 0 aliphatic carbocycles. The fourth-order valence-corrected chi connectivity index (χ4v) is 22.9. The van der Waals surface area contributed by atoms with Gasteiger partial charge in [-0.05, 0) is 222 Å². The first-order valence-corrected chi connectivity index (χ1v) is 50.9. The summed E-state index contributed by atoms with van der Waals surface area (Å²) in [6.07, 6.45) is 11.7. The van der Waals surface area contributed by atoms with Crippen molar-refractivity contribution in [3.8, 4) is 56.3 Å². The third-order valence-electron chi connectivity index (χ3n) is 30.4. The van der Waals surface area contributed by atoms with Crippen LogP contribution in [0.25, 0.3) is 276 Å². The normalized spacial score (nSPS) is 12.1. The van der Waals surface area contributed by atoms with E-state index in [2.05, 4.69) is 378 Å². The number of aryl methyl sites for hydroxylation is 14. The summed E-state index contributed by atoms with van der Waals surface area (Å²) in [6.45, 7) is 26.1. The molecule has 0 amide bonds. The van der Waals surface area contributed by atoms with Crippen molar-refractivity contribution in [2.45, 2.75) is 89.5 Å². The van der Waals surface area contributed by atoms with E-state index in [1.165, 1.54) is 61.3 Å². The molecule has 30 aromatic rings. The van der Waals surface area contributed by atoms with Crippen molar-refractivity contribution in [2.75, 3.05) is 0 Å². The monoisotopic (exact) mass is 1950 g/mol. The Labute approximate surface area is 857 Å². The predicted octanol–water partition coefficient (Wildman–Crippen LogP) is 34.2. The molecule has 0 radical (unpaired) electrons. The van der Waals surface area contributed by atoms with Crippen LogP contribution in [0.1, 0.15) is 76.4 Å². The highest BCUT2D eigenvalue weighted by Crippen LogP contribution is 2.50. The molecular weight excluding hydrogens is 1840 g/mol. The van der Waals surface area contributed by atoms with E-state index in [0.717, 1.165) is 276 Å². The van der Waals surface area contributed by atoms with Crippen LogP contribution in [0.4, 0.5) is 0 Å². The number of benzene rings is 15. The van der Waals surface area contributed by atoms with Gasteiger partial charge in [0.25, 0.3) is 0 Å². The van der Waals surface area contributed by atoms with Gasteiger partial charge in [0.05, 0.1) is 27.8 Å². The second kappa shape index (κ2) is 34.9. The van der Waals surface area contributed by atoms with Gasteiger partial charge in [-0.25, -0.2) is 22.8 Å². The summed E-state index contributed by atoms with van der Waals surface area (Å²) in [4.78, 5) is 0. The van der Waals surface area contributed by atoms with Gasteiger partial charge in [0.15, 0.2) is 86.8 Å². The molecule has 0 bridgehead atoms. The van der Waals surface area contributed by atoms with Crippen molar-refractivity contribution in [1.82, 2.24) is 0 Å². The average Bonchev–Trinajstić information content (AvgIpc) is 1.59. The molecule has 15 aromatic heterocycles. The Hall–Kier alpha value is -18.0. The molecule has 149 heavy (non-hydrogen) atoms. The Bertz CT molecular complexity index is 10900. The average molecular weight is 1950 g/mol. The van der Waals surface area contributed by atoms with Gasteiger partial charge in [0.2, 0.25) is 28.5 Å². The molecule has 0 unspecified atom stereocenters. The smallest absolute Gasteiger partial charge is 0.216 e. The highest BCUT2D eigenvalue weighted by molar-refractivity contribution is 6.26. The lowest BCUT2D eigenvalue weighted by molar-refractivity contribution is -0.660. The van der Waals surface area contributed by atoms with Crippen LogP contribution in [0.2, 0.25) is 0 Å². The zero-order chi connectivity index (χ0) is 102. The molecular formula is C134H108N5O10+5. The first-order valence-electron chi connectivity index (χ1n) is 50.9. The number of hydrogen-bond acceptors (Lipinski definition) is 10. The van der Waals surface area contributed by atoms with E-state index >= 15 is 0 Å². The van der Waals surface area contributed by atoms with E-state index in [-0.39, 0.29) is 5.41 Å². The number of hydrogen-bond donors (Lipinski definition) is 0. The predicted molar refractivity (Wildman–Crippen MR) is 604 cm³/mol. The highest BCUT2D eigenvalue weighted by Gasteiger charge is 2.32. The minimum atomic E-state index is 0.227. The van der Waals surface area contributed by atoms with E-state index in [9.17, 15) is 0 Å². The zero-order valence-corrected chi connectivity index (χ0v) is 86.3. The first-order chi connectivity index (χ1) is 72.3. The van der Waals surface area contributed by atoms with E-state index in [0.29, 0.717) is 0 Å². The van der Waals surface area contributed by atoms with Gasteiger partial charge in [-0.2, -0.15) is 0 Å². The summed E-state index contributed by atoms with van der Waals surface area (Å²) in [7, 11) is 10.4. The maximum absolute atomic E-state index is 6.65. The molecule has 0 atom stereocenters. The van der Waals surface area contributed by atoms with Gasteiger partial charge in [0, 0.05) is 167 Å². The van der Waals surface area contributed by atoms with E-state index in [4.69, 9.17) is 44.2 Å². The Morgan fingerprint density at radius 1 is 0.181 bits per heavy atom. The van der Waals surface area contributed by atoms with Crippen LogP contribution in [0.15, 0.2) is 378 Å². The molecule has 0 fully saturated rings. The summed E-state index contributed by atoms with van der Waals surface area (Å²) in [5, 5.41) is 22.0. The van der Waals surface area contributed by atoms with Crippen molar-refractivity contribution in [3.05, 3.63) is 390 Å². The molecule has 0 spiro atoms. The molecule has 0 saturated carbocycles. The van der Waals surface area contributed by atoms with Crippen LogP contribution in [-0.4, -0.2) is 0 Å². The number of fused-ring (bicyclic) bond motifs is 35. The van der Waals surface area contributed by atoms with Crippen LogP contribution in [-0.2, 0) is 41.7 Å². The van der Waals surface area contributed by atoms with E-state index in [1.54, 1.807) is 0 Å². The molecule has 15 heteroatoms. The molecule has 30 rings (SSSR count). The Morgan fingerprint density at radius 3 is 0.758 bits per heavy atom. The first kappa shape index (κ1) is 91.0. The van der Waals surface area contributed by atoms with Crippen molar-refractivity contribution in [1.29, 1.82) is 0 Å². The van der Waals surface area contributed by atoms with Crippen molar-refractivity contribution < 1.29 is 67.0 Å². The van der Waals surface area contributed by atoms with Crippen LogP contribution in [0.5, 0.6) is 0 Å². The maximum atomic E-state index is 6.65. The Balaban J connectivity index is 0.0000000942. The lowest BCUT2D eigenvalue weighted by Gasteiger charge is -2.18. The highest BCUT2D eigenvalue weighted by atomic mass is 16.4. The van der Waals surface area contributed by atoms with Gasteiger partial charge >= 0.3 is 0 Å². The fraction of sp³-hybridized carbons (Fsp3) is 0.142. The number of nitrogens with zero attached hydrogens (tertiary/aromatic N) is 5. The van der Waals surface area contributed by atoms with Gasteiger partial charge < -0.3 is 44.2 Å². The number of rotatable bonds is 6. The van der Waals surface area contributed by atoms with Crippen LogP contribution < -0.4 is 22.8 Å². The van der Waals surface area contributed by atoms with Crippen LogP contribution in [0, 0.1) is 67.7 Å².